The van der Waals surface area contributed by atoms with Crippen molar-refractivity contribution in [2.75, 3.05) is 17.2 Å². The van der Waals surface area contributed by atoms with Gasteiger partial charge in [0.1, 0.15) is 0 Å². The van der Waals surface area contributed by atoms with Crippen LogP contribution in [0.2, 0.25) is 0 Å². The van der Waals surface area contributed by atoms with Crippen molar-refractivity contribution in [3.05, 3.63) is 59.2 Å². The quantitative estimate of drug-likeness (QED) is 0.732. The lowest BCUT2D eigenvalue weighted by Gasteiger charge is -2.18. The Labute approximate surface area is 149 Å². The smallest absolute Gasteiger partial charge is 0.312 e. The average molecular weight is 372 g/mol. The van der Waals surface area contributed by atoms with Crippen molar-refractivity contribution in [1.29, 1.82) is 0 Å². The van der Waals surface area contributed by atoms with E-state index < -0.39 is 17.8 Å². The van der Waals surface area contributed by atoms with Crippen molar-refractivity contribution in [3.63, 3.8) is 0 Å². The molecule has 2 amide bonds. The summed E-state index contributed by atoms with van der Waals surface area (Å²) in [5.74, 6) is 0. The molecular formula is C17H17ClF3N3O. The molecule has 0 aliphatic carbocycles. The Morgan fingerprint density at radius 1 is 1.00 bits per heavy atom. The Morgan fingerprint density at radius 3 is 2.44 bits per heavy atom. The minimum absolute atomic E-state index is 0. The molecule has 1 aliphatic heterocycles. The highest BCUT2D eigenvalue weighted by Crippen LogP contribution is 2.30. The van der Waals surface area contributed by atoms with Crippen LogP contribution in [0.15, 0.2) is 42.5 Å². The summed E-state index contributed by atoms with van der Waals surface area (Å²) in [5, 5.41) is 8.33. The van der Waals surface area contributed by atoms with Crippen molar-refractivity contribution in [1.82, 2.24) is 5.32 Å². The van der Waals surface area contributed by atoms with Crippen LogP contribution in [-0.4, -0.2) is 12.6 Å². The molecule has 0 aromatic heterocycles. The molecule has 2 aromatic carbocycles. The van der Waals surface area contributed by atoms with Gasteiger partial charge in [-0.25, -0.2) is 4.79 Å². The normalized spacial score (nSPS) is 13.4. The number of benzene rings is 2. The Balaban J connectivity index is 0.00000225. The van der Waals surface area contributed by atoms with Crippen LogP contribution in [0, 0.1) is 0 Å². The molecule has 0 spiro atoms. The highest BCUT2D eigenvalue weighted by atomic mass is 35.5. The SMILES string of the molecule is Cl.O=C(Nc1cccc(C(F)(F)F)c1)Nc1ccc2c(c1)CCNC2. The molecular weight excluding hydrogens is 355 g/mol. The van der Waals surface area contributed by atoms with E-state index in [9.17, 15) is 18.0 Å². The standard InChI is InChI=1S/C17H16F3N3O.ClH/c18-17(19,20)13-2-1-3-14(9-13)22-16(24)23-15-5-4-12-10-21-7-6-11(12)8-15;/h1-5,8-9,21H,6-7,10H2,(H2,22,23,24);1H. The van der Waals surface area contributed by atoms with Crippen molar-refractivity contribution >= 4 is 29.8 Å². The maximum absolute atomic E-state index is 12.7. The summed E-state index contributed by atoms with van der Waals surface area (Å²) in [7, 11) is 0. The fourth-order valence-electron chi connectivity index (χ4n) is 2.62. The number of halogens is 4. The van der Waals surface area contributed by atoms with E-state index in [4.69, 9.17) is 0 Å². The number of carbonyl (C=O) groups is 1. The molecule has 1 heterocycles. The van der Waals surface area contributed by atoms with Crippen molar-refractivity contribution < 1.29 is 18.0 Å². The third kappa shape index (κ3) is 4.87. The van der Waals surface area contributed by atoms with Crippen LogP contribution >= 0.6 is 12.4 Å². The Hall–Kier alpha value is -2.25. The number of carbonyl (C=O) groups excluding carboxylic acids is 1. The monoisotopic (exact) mass is 371 g/mol. The minimum Gasteiger partial charge on any atom is -0.312 e. The Morgan fingerprint density at radius 2 is 1.72 bits per heavy atom. The lowest BCUT2D eigenvalue weighted by atomic mass is 10.0. The van der Waals surface area contributed by atoms with Gasteiger partial charge >= 0.3 is 12.2 Å². The molecule has 2 aromatic rings. The van der Waals surface area contributed by atoms with E-state index in [1.807, 2.05) is 12.1 Å². The lowest BCUT2D eigenvalue weighted by molar-refractivity contribution is -0.137. The van der Waals surface area contributed by atoms with Gasteiger partial charge in [-0.05, 0) is 54.4 Å². The van der Waals surface area contributed by atoms with E-state index in [1.54, 1.807) is 6.07 Å². The highest BCUT2D eigenvalue weighted by Gasteiger charge is 2.30. The van der Waals surface area contributed by atoms with Crippen LogP contribution in [0.25, 0.3) is 0 Å². The van der Waals surface area contributed by atoms with Crippen molar-refractivity contribution in [2.24, 2.45) is 0 Å². The number of amides is 2. The van der Waals surface area contributed by atoms with Gasteiger partial charge in [0.05, 0.1) is 5.56 Å². The second kappa shape index (κ2) is 7.76. The maximum atomic E-state index is 12.7. The molecule has 0 bridgehead atoms. The summed E-state index contributed by atoms with van der Waals surface area (Å²) in [4.78, 5) is 12.0. The topological polar surface area (TPSA) is 53.2 Å². The number of fused-ring (bicyclic) bond motifs is 1. The summed E-state index contributed by atoms with van der Waals surface area (Å²) in [5.41, 5.74) is 2.24. The zero-order chi connectivity index (χ0) is 17.2. The third-order valence-electron chi connectivity index (χ3n) is 3.80. The number of anilines is 2. The minimum atomic E-state index is -4.44. The second-order valence-electron chi connectivity index (χ2n) is 5.57. The molecule has 1 aliphatic rings. The zero-order valence-electron chi connectivity index (χ0n) is 13.1. The number of hydrogen-bond acceptors (Lipinski definition) is 2. The van der Waals surface area contributed by atoms with Gasteiger partial charge in [0.15, 0.2) is 0 Å². The van der Waals surface area contributed by atoms with E-state index in [-0.39, 0.29) is 18.1 Å². The molecule has 4 nitrogen and oxygen atoms in total. The molecule has 3 N–H and O–H groups in total. The highest BCUT2D eigenvalue weighted by molar-refractivity contribution is 5.99. The van der Waals surface area contributed by atoms with Crippen LogP contribution < -0.4 is 16.0 Å². The van der Waals surface area contributed by atoms with Crippen molar-refractivity contribution in [2.45, 2.75) is 19.1 Å². The van der Waals surface area contributed by atoms with Gasteiger partial charge in [0.25, 0.3) is 0 Å². The average Bonchev–Trinajstić information content (AvgIpc) is 2.54. The first kappa shape index (κ1) is 19.1. The Kier molecular flexibility index (Phi) is 5.92. The number of urea groups is 1. The second-order valence-corrected chi connectivity index (χ2v) is 5.57. The molecule has 25 heavy (non-hydrogen) atoms. The predicted molar refractivity (Wildman–Crippen MR) is 93.2 cm³/mol. The van der Waals surface area contributed by atoms with Crippen LogP contribution in [0.5, 0.6) is 0 Å². The number of alkyl halides is 3. The van der Waals surface area contributed by atoms with Gasteiger partial charge in [-0.15, -0.1) is 12.4 Å². The van der Waals surface area contributed by atoms with Gasteiger partial charge in [0.2, 0.25) is 0 Å². The number of nitrogens with one attached hydrogen (secondary N) is 3. The molecule has 3 rings (SSSR count). The number of hydrogen-bond donors (Lipinski definition) is 3. The van der Waals surface area contributed by atoms with E-state index in [0.29, 0.717) is 5.69 Å². The van der Waals surface area contributed by atoms with Gasteiger partial charge in [-0.3, -0.25) is 0 Å². The summed E-state index contributed by atoms with van der Waals surface area (Å²) < 4.78 is 38.0. The van der Waals surface area contributed by atoms with E-state index in [0.717, 1.165) is 37.2 Å². The molecule has 0 radical (unpaired) electrons. The largest absolute Gasteiger partial charge is 0.416 e. The van der Waals surface area contributed by atoms with E-state index in [2.05, 4.69) is 16.0 Å². The van der Waals surface area contributed by atoms with E-state index >= 15 is 0 Å². The summed E-state index contributed by atoms with van der Waals surface area (Å²) in [6, 6.07) is 9.54. The molecule has 0 unspecified atom stereocenters. The fraction of sp³-hybridized carbons (Fsp3) is 0.235. The van der Waals surface area contributed by atoms with Crippen LogP contribution in [0.4, 0.5) is 29.3 Å². The van der Waals surface area contributed by atoms with Crippen LogP contribution in [0.1, 0.15) is 16.7 Å². The molecule has 0 saturated carbocycles. The maximum Gasteiger partial charge on any atom is 0.416 e. The first-order valence-electron chi connectivity index (χ1n) is 7.49. The van der Waals surface area contributed by atoms with Crippen LogP contribution in [-0.2, 0) is 19.1 Å². The van der Waals surface area contributed by atoms with Gasteiger partial charge in [-0.2, -0.15) is 13.2 Å². The third-order valence-corrected chi connectivity index (χ3v) is 3.80. The van der Waals surface area contributed by atoms with E-state index in [1.165, 1.54) is 17.7 Å². The first-order valence-corrected chi connectivity index (χ1v) is 7.49. The molecule has 0 fully saturated rings. The molecule has 134 valence electrons. The zero-order valence-corrected chi connectivity index (χ0v) is 13.9. The number of rotatable bonds is 2. The van der Waals surface area contributed by atoms with Gasteiger partial charge < -0.3 is 16.0 Å². The van der Waals surface area contributed by atoms with Gasteiger partial charge in [0, 0.05) is 17.9 Å². The van der Waals surface area contributed by atoms with Gasteiger partial charge in [-0.1, -0.05) is 12.1 Å². The molecule has 8 heteroatoms. The molecule has 0 saturated heterocycles. The summed E-state index contributed by atoms with van der Waals surface area (Å²) >= 11 is 0. The predicted octanol–water partition coefficient (Wildman–Crippen LogP) is 4.42. The fourth-order valence-corrected chi connectivity index (χ4v) is 2.62. The summed E-state index contributed by atoms with van der Waals surface area (Å²) in [6.45, 7) is 1.68. The first-order chi connectivity index (χ1) is 11.4. The van der Waals surface area contributed by atoms with Crippen molar-refractivity contribution in [3.8, 4) is 0 Å². The van der Waals surface area contributed by atoms with Crippen LogP contribution in [0.3, 0.4) is 0 Å². The Bertz CT molecular complexity index is 765. The summed E-state index contributed by atoms with van der Waals surface area (Å²) in [6.07, 6.45) is -3.57. The molecule has 0 atom stereocenters. The lowest BCUT2D eigenvalue weighted by Crippen LogP contribution is -2.24.